The van der Waals surface area contributed by atoms with Crippen LogP contribution in [-0.4, -0.2) is 43.6 Å². The van der Waals surface area contributed by atoms with Crippen molar-refractivity contribution < 1.29 is 9.47 Å². The molecule has 0 saturated heterocycles. The van der Waals surface area contributed by atoms with Gasteiger partial charge in [-0.1, -0.05) is 44.9 Å². The summed E-state index contributed by atoms with van der Waals surface area (Å²) in [6.07, 6.45) is 4.31. The van der Waals surface area contributed by atoms with E-state index in [9.17, 15) is 0 Å². The minimum Gasteiger partial charge on any atom is -0.494 e. The number of hydrogen-bond donors (Lipinski definition) is 2. The maximum Gasteiger partial charge on any atom is 0.181 e. The predicted molar refractivity (Wildman–Crippen MR) is 149 cm³/mol. The molecule has 5 rings (SSSR count). The van der Waals surface area contributed by atoms with Gasteiger partial charge in [-0.2, -0.15) is 10.2 Å². The second-order valence-electron chi connectivity index (χ2n) is 9.05. The van der Waals surface area contributed by atoms with Crippen molar-refractivity contribution in [3.63, 3.8) is 0 Å². The van der Waals surface area contributed by atoms with Crippen molar-refractivity contribution in [3.05, 3.63) is 72.8 Å². The molecule has 8 nitrogen and oxygen atoms in total. The number of ether oxygens (including phenoxy) is 2. The van der Waals surface area contributed by atoms with Crippen LogP contribution in [0.2, 0.25) is 0 Å². The molecule has 0 aliphatic carbocycles. The number of hydrogen-bond acceptors (Lipinski definition) is 6. The minimum absolute atomic E-state index is 0.611. The summed E-state index contributed by atoms with van der Waals surface area (Å²) in [5.41, 5.74) is 3.65. The zero-order chi connectivity index (χ0) is 26.2. The van der Waals surface area contributed by atoms with Crippen molar-refractivity contribution >= 4 is 0 Å². The van der Waals surface area contributed by atoms with Crippen molar-refractivity contribution in [3.8, 4) is 57.1 Å². The fourth-order valence-electron chi connectivity index (χ4n) is 3.92. The summed E-state index contributed by atoms with van der Waals surface area (Å²) in [4.78, 5) is 9.42. The molecule has 0 fully saturated rings. The summed E-state index contributed by atoms with van der Waals surface area (Å²) in [6.45, 7) is 5.76. The lowest BCUT2D eigenvalue weighted by Gasteiger charge is -2.05. The van der Waals surface area contributed by atoms with Gasteiger partial charge in [0.15, 0.2) is 23.3 Å². The normalized spacial score (nSPS) is 11.0. The number of unbranched alkanes of at least 4 members (excludes halogenated alkanes) is 2. The van der Waals surface area contributed by atoms with Gasteiger partial charge in [-0.25, -0.2) is 9.97 Å². The molecule has 2 heterocycles. The van der Waals surface area contributed by atoms with E-state index in [4.69, 9.17) is 19.4 Å². The quantitative estimate of drug-likeness (QED) is 0.177. The van der Waals surface area contributed by atoms with Crippen LogP contribution in [0.4, 0.5) is 0 Å². The Morgan fingerprint density at radius 2 is 1.03 bits per heavy atom. The number of nitrogens with one attached hydrogen (secondary N) is 2. The molecule has 5 aromatic rings. The monoisotopic (exact) mass is 508 g/mol. The third-order valence-electron chi connectivity index (χ3n) is 6.14. The van der Waals surface area contributed by atoms with Crippen molar-refractivity contribution in [1.82, 2.24) is 30.4 Å². The molecule has 0 radical (unpaired) electrons. The van der Waals surface area contributed by atoms with Gasteiger partial charge in [-0.15, -0.1) is 0 Å². The molecule has 0 aliphatic heterocycles. The van der Waals surface area contributed by atoms with E-state index in [1.807, 2.05) is 72.8 Å². The second-order valence-corrected chi connectivity index (χ2v) is 9.05. The highest BCUT2D eigenvalue weighted by Crippen LogP contribution is 2.27. The average molecular weight is 509 g/mol. The highest BCUT2D eigenvalue weighted by molar-refractivity contribution is 5.69. The molecule has 0 aliphatic rings. The third-order valence-corrected chi connectivity index (χ3v) is 6.14. The standard InChI is InChI=1S/C30H32N6O2/c1-3-5-18-37-25-14-10-21(11-15-25)27-31-29(35-33-27)23-8-7-9-24(20-23)30-32-28(34-36-30)22-12-16-26(17-13-22)38-19-6-4-2/h7-17,20H,3-6,18-19H2,1-2H3,(H,31,33,35)(H,32,34,36). The topological polar surface area (TPSA) is 102 Å². The van der Waals surface area contributed by atoms with Gasteiger partial charge in [0.2, 0.25) is 0 Å². The third kappa shape index (κ3) is 6.08. The van der Waals surface area contributed by atoms with E-state index in [0.717, 1.165) is 72.6 Å². The van der Waals surface area contributed by atoms with Crippen molar-refractivity contribution in [1.29, 1.82) is 0 Å². The van der Waals surface area contributed by atoms with Crippen LogP contribution < -0.4 is 9.47 Å². The number of nitrogens with zero attached hydrogens (tertiary/aromatic N) is 4. The lowest BCUT2D eigenvalue weighted by Crippen LogP contribution is -1.96. The Bertz CT molecular complexity index is 1330. The van der Waals surface area contributed by atoms with Crippen molar-refractivity contribution in [2.45, 2.75) is 39.5 Å². The molecule has 2 N–H and O–H groups in total. The van der Waals surface area contributed by atoms with Gasteiger partial charge in [0.25, 0.3) is 0 Å². The van der Waals surface area contributed by atoms with Gasteiger partial charge in [0.1, 0.15) is 11.5 Å². The first-order valence-corrected chi connectivity index (χ1v) is 13.2. The second kappa shape index (κ2) is 12.2. The molecule has 0 atom stereocenters. The maximum absolute atomic E-state index is 5.75. The Morgan fingerprint density at radius 1 is 0.579 bits per heavy atom. The van der Waals surface area contributed by atoms with Crippen LogP contribution >= 0.6 is 0 Å². The van der Waals surface area contributed by atoms with Gasteiger partial charge < -0.3 is 9.47 Å². The molecule has 8 heteroatoms. The SMILES string of the molecule is CCCCOc1ccc(-c2nc(-c3cccc(-c4n[nH]c(-c5ccc(OCCCC)cc5)n4)c3)n[nH]2)cc1. The molecule has 0 saturated carbocycles. The number of benzene rings is 3. The molecule has 3 aromatic carbocycles. The lowest BCUT2D eigenvalue weighted by atomic mass is 10.1. The largest absolute Gasteiger partial charge is 0.494 e. The van der Waals surface area contributed by atoms with Crippen LogP contribution in [0.15, 0.2) is 72.8 Å². The summed E-state index contributed by atoms with van der Waals surface area (Å²) in [7, 11) is 0. The summed E-state index contributed by atoms with van der Waals surface area (Å²) >= 11 is 0. The van der Waals surface area contributed by atoms with Gasteiger partial charge >= 0.3 is 0 Å². The van der Waals surface area contributed by atoms with Gasteiger partial charge in [0.05, 0.1) is 13.2 Å². The first-order valence-electron chi connectivity index (χ1n) is 13.2. The fraction of sp³-hybridized carbons (Fsp3) is 0.267. The first-order chi connectivity index (χ1) is 18.7. The summed E-state index contributed by atoms with van der Waals surface area (Å²) in [6, 6.07) is 23.7. The van der Waals surface area contributed by atoms with Crippen LogP contribution in [-0.2, 0) is 0 Å². The molecule has 0 bridgehead atoms. The Balaban J connectivity index is 1.28. The summed E-state index contributed by atoms with van der Waals surface area (Å²) in [5.74, 6) is 4.34. The van der Waals surface area contributed by atoms with Crippen LogP contribution in [0.3, 0.4) is 0 Å². The highest BCUT2D eigenvalue weighted by atomic mass is 16.5. The van der Waals surface area contributed by atoms with Gasteiger partial charge in [-0.3, -0.25) is 10.2 Å². The zero-order valence-electron chi connectivity index (χ0n) is 21.8. The van der Waals surface area contributed by atoms with E-state index in [-0.39, 0.29) is 0 Å². The van der Waals surface area contributed by atoms with Crippen LogP contribution in [0.25, 0.3) is 45.6 Å². The molecule has 194 valence electrons. The molecule has 38 heavy (non-hydrogen) atoms. The minimum atomic E-state index is 0.611. The van der Waals surface area contributed by atoms with Crippen molar-refractivity contribution in [2.75, 3.05) is 13.2 Å². The van der Waals surface area contributed by atoms with Crippen LogP contribution in [0.1, 0.15) is 39.5 Å². The maximum atomic E-state index is 5.75. The highest BCUT2D eigenvalue weighted by Gasteiger charge is 2.12. The smallest absolute Gasteiger partial charge is 0.181 e. The predicted octanol–water partition coefficient (Wildman–Crippen LogP) is 6.95. The lowest BCUT2D eigenvalue weighted by molar-refractivity contribution is 0.309. The first kappa shape index (κ1) is 25.2. The Labute approximate surface area is 222 Å². The van der Waals surface area contributed by atoms with E-state index >= 15 is 0 Å². The molecule has 2 aromatic heterocycles. The number of H-pyrrole nitrogens is 2. The summed E-state index contributed by atoms with van der Waals surface area (Å²) < 4.78 is 11.5. The molecule has 0 unspecified atom stereocenters. The Morgan fingerprint density at radius 3 is 1.45 bits per heavy atom. The summed E-state index contributed by atoms with van der Waals surface area (Å²) in [5, 5.41) is 15.0. The zero-order valence-corrected chi connectivity index (χ0v) is 21.8. The molecular weight excluding hydrogens is 476 g/mol. The Kier molecular flexibility index (Phi) is 8.08. The van der Waals surface area contributed by atoms with E-state index in [1.54, 1.807) is 0 Å². The number of rotatable bonds is 12. The van der Waals surface area contributed by atoms with Gasteiger partial charge in [0, 0.05) is 22.3 Å². The van der Waals surface area contributed by atoms with E-state index in [1.165, 1.54) is 0 Å². The van der Waals surface area contributed by atoms with E-state index in [0.29, 0.717) is 23.3 Å². The molecule has 0 amide bonds. The number of aromatic nitrogens is 6. The van der Waals surface area contributed by atoms with Crippen LogP contribution in [0, 0.1) is 0 Å². The average Bonchev–Trinajstić information content (AvgIpc) is 3.65. The van der Waals surface area contributed by atoms with Crippen LogP contribution in [0.5, 0.6) is 11.5 Å². The Hall–Kier alpha value is -4.46. The van der Waals surface area contributed by atoms with E-state index in [2.05, 4.69) is 34.2 Å². The molecule has 0 spiro atoms. The van der Waals surface area contributed by atoms with E-state index < -0.39 is 0 Å². The van der Waals surface area contributed by atoms with Gasteiger partial charge in [-0.05, 0) is 67.4 Å². The molecular formula is C30H32N6O2. The van der Waals surface area contributed by atoms with Crippen molar-refractivity contribution in [2.24, 2.45) is 0 Å². The number of aromatic amines is 2. The fourth-order valence-corrected chi connectivity index (χ4v) is 3.92.